The van der Waals surface area contributed by atoms with E-state index < -0.39 is 23.5 Å². The van der Waals surface area contributed by atoms with Gasteiger partial charge in [-0.2, -0.15) is 0 Å². The van der Waals surface area contributed by atoms with Crippen LogP contribution in [0.3, 0.4) is 0 Å². The Balaban J connectivity index is 2.75. The van der Waals surface area contributed by atoms with Gasteiger partial charge in [0.05, 0.1) is 0 Å². The zero-order valence-electron chi connectivity index (χ0n) is 11.6. The third kappa shape index (κ3) is 4.28. The first-order chi connectivity index (χ1) is 8.72. The molecule has 0 saturated carbocycles. The lowest BCUT2D eigenvalue weighted by Gasteiger charge is -2.26. The molecule has 0 aliphatic rings. The lowest BCUT2D eigenvalue weighted by Crippen LogP contribution is -2.51. The molecule has 5 nitrogen and oxygen atoms in total. The average Bonchev–Trinajstić information content (AvgIpc) is 2.27. The molecule has 1 atom stereocenters. The monoisotopic (exact) mass is 265 g/mol. The predicted octanol–water partition coefficient (Wildman–Crippen LogP) is 1.74. The summed E-state index contributed by atoms with van der Waals surface area (Å²) in [6.45, 7) is 6.52. The number of benzene rings is 1. The Morgan fingerprint density at radius 3 is 2.53 bits per heavy atom. The summed E-state index contributed by atoms with van der Waals surface area (Å²) in [5, 5.41) is 11.2. The van der Waals surface area contributed by atoms with Crippen molar-refractivity contribution in [3.8, 4) is 5.75 Å². The number of aryl methyl sites for hydroxylation is 1. The molecule has 19 heavy (non-hydrogen) atoms. The van der Waals surface area contributed by atoms with Gasteiger partial charge in [0.15, 0.2) is 5.60 Å². The van der Waals surface area contributed by atoms with Gasteiger partial charge in [-0.25, -0.2) is 0 Å². The summed E-state index contributed by atoms with van der Waals surface area (Å²) in [7, 11) is 0. The van der Waals surface area contributed by atoms with Gasteiger partial charge in [0.1, 0.15) is 11.8 Å². The topological polar surface area (TPSA) is 75.6 Å². The van der Waals surface area contributed by atoms with Crippen molar-refractivity contribution in [2.24, 2.45) is 0 Å². The highest BCUT2D eigenvalue weighted by molar-refractivity contribution is 5.88. The van der Waals surface area contributed by atoms with Gasteiger partial charge in [0.25, 0.3) is 5.91 Å². The number of hydrogen-bond acceptors (Lipinski definition) is 3. The van der Waals surface area contributed by atoms with E-state index in [1.54, 1.807) is 19.9 Å². The summed E-state index contributed by atoms with van der Waals surface area (Å²) in [5.41, 5.74) is -0.120. The molecule has 1 aromatic rings. The molecule has 1 aromatic carbocycles. The summed E-state index contributed by atoms with van der Waals surface area (Å²) in [4.78, 5) is 22.7. The number of carbonyl (C=O) groups excluding carboxylic acids is 1. The Bertz CT molecular complexity index is 482. The van der Waals surface area contributed by atoms with Crippen molar-refractivity contribution in [2.75, 3.05) is 0 Å². The second-order valence-electron chi connectivity index (χ2n) is 4.96. The third-order valence-corrected chi connectivity index (χ3v) is 2.63. The fourth-order valence-electron chi connectivity index (χ4n) is 1.45. The standard InChI is InChI=1S/C14H19NO4/c1-9-6-5-7-11(8-9)19-14(3,4)13(18)15-10(2)12(16)17/h5-8,10H,1-4H3,(H,15,18)(H,16,17). The number of nitrogens with one attached hydrogen (secondary N) is 1. The first-order valence-electron chi connectivity index (χ1n) is 6.02. The van der Waals surface area contributed by atoms with Gasteiger partial charge in [-0.1, -0.05) is 12.1 Å². The van der Waals surface area contributed by atoms with E-state index in [1.807, 2.05) is 25.1 Å². The lowest BCUT2D eigenvalue weighted by atomic mass is 10.1. The van der Waals surface area contributed by atoms with Gasteiger partial charge in [-0.15, -0.1) is 0 Å². The highest BCUT2D eigenvalue weighted by Gasteiger charge is 2.32. The summed E-state index contributed by atoms with van der Waals surface area (Å²) in [6.07, 6.45) is 0. The molecule has 0 spiro atoms. The quantitative estimate of drug-likeness (QED) is 0.850. The molecule has 0 saturated heterocycles. The van der Waals surface area contributed by atoms with Crippen LogP contribution >= 0.6 is 0 Å². The van der Waals surface area contributed by atoms with Gasteiger partial charge in [-0.05, 0) is 45.4 Å². The molecule has 0 aromatic heterocycles. The molecule has 104 valence electrons. The molecular weight excluding hydrogens is 246 g/mol. The fourth-order valence-corrected chi connectivity index (χ4v) is 1.45. The first kappa shape index (κ1) is 15.0. The summed E-state index contributed by atoms with van der Waals surface area (Å²) in [5.74, 6) is -0.980. The Morgan fingerprint density at radius 1 is 1.37 bits per heavy atom. The number of carboxylic acids is 1. The Morgan fingerprint density at radius 2 is 2.00 bits per heavy atom. The molecule has 1 amide bonds. The number of hydrogen-bond donors (Lipinski definition) is 2. The fraction of sp³-hybridized carbons (Fsp3) is 0.429. The molecule has 0 bridgehead atoms. The zero-order valence-corrected chi connectivity index (χ0v) is 11.6. The van der Waals surface area contributed by atoms with Crippen molar-refractivity contribution in [2.45, 2.75) is 39.3 Å². The van der Waals surface area contributed by atoms with Crippen molar-refractivity contribution < 1.29 is 19.4 Å². The summed E-state index contributed by atoms with van der Waals surface area (Å²) < 4.78 is 5.62. The molecule has 0 fully saturated rings. The van der Waals surface area contributed by atoms with Crippen molar-refractivity contribution in [1.29, 1.82) is 0 Å². The van der Waals surface area contributed by atoms with Crippen LogP contribution in [-0.2, 0) is 9.59 Å². The van der Waals surface area contributed by atoms with Crippen molar-refractivity contribution in [3.63, 3.8) is 0 Å². The van der Waals surface area contributed by atoms with Crippen LogP contribution in [0.15, 0.2) is 24.3 Å². The van der Waals surface area contributed by atoms with Gasteiger partial charge >= 0.3 is 5.97 Å². The van der Waals surface area contributed by atoms with Crippen molar-refractivity contribution in [1.82, 2.24) is 5.32 Å². The predicted molar refractivity (Wildman–Crippen MR) is 71.1 cm³/mol. The van der Waals surface area contributed by atoms with Crippen LogP contribution in [0.1, 0.15) is 26.3 Å². The highest BCUT2D eigenvalue weighted by atomic mass is 16.5. The maximum Gasteiger partial charge on any atom is 0.325 e. The first-order valence-corrected chi connectivity index (χ1v) is 6.02. The maximum atomic E-state index is 12.0. The second-order valence-corrected chi connectivity index (χ2v) is 4.96. The maximum absolute atomic E-state index is 12.0. The number of amides is 1. The number of ether oxygens (including phenoxy) is 1. The minimum atomic E-state index is -1.14. The summed E-state index contributed by atoms with van der Waals surface area (Å²) in [6, 6.07) is 6.37. The molecule has 2 N–H and O–H groups in total. The van der Waals surface area contributed by atoms with Gasteiger partial charge in [0.2, 0.25) is 0 Å². The minimum absolute atomic E-state index is 0.469. The molecular formula is C14H19NO4. The molecule has 0 radical (unpaired) electrons. The van der Waals surface area contributed by atoms with Crippen molar-refractivity contribution >= 4 is 11.9 Å². The van der Waals surface area contributed by atoms with E-state index in [2.05, 4.69) is 5.32 Å². The Labute approximate surface area is 112 Å². The van der Waals surface area contributed by atoms with Gasteiger partial charge in [0, 0.05) is 0 Å². The highest BCUT2D eigenvalue weighted by Crippen LogP contribution is 2.19. The molecule has 0 aliphatic heterocycles. The van der Waals surface area contributed by atoms with Crippen LogP contribution in [-0.4, -0.2) is 28.6 Å². The molecule has 0 heterocycles. The van der Waals surface area contributed by atoms with Gasteiger partial charge in [-0.3, -0.25) is 9.59 Å². The third-order valence-electron chi connectivity index (χ3n) is 2.63. The van der Waals surface area contributed by atoms with E-state index in [9.17, 15) is 9.59 Å². The molecule has 1 unspecified atom stereocenters. The number of carbonyl (C=O) groups is 2. The molecule has 5 heteroatoms. The van der Waals surface area contributed by atoms with E-state index in [0.717, 1.165) is 5.56 Å². The second kappa shape index (κ2) is 5.73. The van der Waals surface area contributed by atoms with Crippen LogP contribution in [0, 0.1) is 6.92 Å². The Kier molecular flexibility index (Phi) is 4.53. The van der Waals surface area contributed by atoms with Crippen LogP contribution in [0.4, 0.5) is 0 Å². The number of aliphatic carboxylic acids is 1. The average molecular weight is 265 g/mol. The zero-order chi connectivity index (χ0) is 14.6. The lowest BCUT2D eigenvalue weighted by molar-refractivity contribution is -0.144. The van der Waals surface area contributed by atoms with Crippen LogP contribution < -0.4 is 10.1 Å². The van der Waals surface area contributed by atoms with E-state index in [0.29, 0.717) is 5.75 Å². The van der Waals surface area contributed by atoms with Crippen molar-refractivity contribution in [3.05, 3.63) is 29.8 Å². The largest absolute Gasteiger partial charge is 0.480 e. The van der Waals surface area contributed by atoms with E-state index in [1.165, 1.54) is 6.92 Å². The summed E-state index contributed by atoms with van der Waals surface area (Å²) >= 11 is 0. The van der Waals surface area contributed by atoms with Crippen LogP contribution in [0.25, 0.3) is 0 Å². The number of carboxylic acid groups (broad SMARTS) is 1. The minimum Gasteiger partial charge on any atom is -0.480 e. The SMILES string of the molecule is Cc1cccc(OC(C)(C)C(=O)NC(C)C(=O)O)c1. The van der Waals surface area contributed by atoms with Crippen LogP contribution in [0.2, 0.25) is 0 Å². The molecule has 1 rings (SSSR count). The van der Waals surface area contributed by atoms with E-state index in [-0.39, 0.29) is 0 Å². The number of rotatable bonds is 5. The Hall–Kier alpha value is -2.04. The smallest absolute Gasteiger partial charge is 0.325 e. The van der Waals surface area contributed by atoms with E-state index in [4.69, 9.17) is 9.84 Å². The van der Waals surface area contributed by atoms with Gasteiger partial charge < -0.3 is 15.2 Å². The molecule has 0 aliphatic carbocycles. The van der Waals surface area contributed by atoms with E-state index >= 15 is 0 Å². The normalized spacial score (nSPS) is 12.6. The van der Waals surface area contributed by atoms with Crippen LogP contribution in [0.5, 0.6) is 5.75 Å².